The molecule has 0 atom stereocenters. The summed E-state index contributed by atoms with van der Waals surface area (Å²) in [6.45, 7) is 2.21. The van der Waals surface area contributed by atoms with Gasteiger partial charge in [0, 0.05) is 13.6 Å². The number of hydrogen-bond acceptors (Lipinski definition) is 6. The molecule has 1 aromatic carbocycles. The van der Waals surface area contributed by atoms with E-state index in [0.717, 1.165) is 9.35 Å². The van der Waals surface area contributed by atoms with E-state index >= 15 is 0 Å². The van der Waals surface area contributed by atoms with Crippen molar-refractivity contribution in [3.8, 4) is 5.75 Å². The second kappa shape index (κ2) is 7.55. The third-order valence-corrected chi connectivity index (χ3v) is 4.85. The molecule has 0 saturated carbocycles. The molecule has 0 spiro atoms. The Morgan fingerprint density at radius 1 is 1.45 bits per heavy atom. The van der Waals surface area contributed by atoms with Gasteiger partial charge >= 0.3 is 0 Å². The molecule has 2 aromatic rings. The maximum atomic E-state index is 13.6. The van der Waals surface area contributed by atoms with E-state index in [9.17, 15) is 9.18 Å². The van der Waals surface area contributed by atoms with Crippen molar-refractivity contribution in [2.24, 2.45) is 0 Å². The molecule has 0 bridgehead atoms. The molecule has 0 aliphatic heterocycles. The highest BCUT2D eigenvalue weighted by Gasteiger charge is 2.13. The summed E-state index contributed by atoms with van der Waals surface area (Å²) in [5.41, 5.74) is 0.714. The van der Waals surface area contributed by atoms with Crippen LogP contribution in [0.15, 0.2) is 22.5 Å². The molecule has 8 heteroatoms. The van der Waals surface area contributed by atoms with Gasteiger partial charge < -0.3 is 9.64 Å². The molecular weight excluding hydrogens is 325 g/mol. The summed E-state index contributed by atoms with van der Waals surface area (Å²) in [4.78, 5) is 13.6. The predicted octanol–water partition coefficient (Wildman–Crippen LogP) is 2.74. The Kier molecular flexibility index (Phi) is 5.73. The summed E-state index contributed by atoms with van der Waals surface area (Å²) in [5, 5.41) is 8.73. The lowest BCUT2D eigenvalue weighted by Gasteiger charge is -2.17. The van der Waals surface area contributed by atoms with E-state index in [-0.39, 0.29) is 17.4 Å². The lowest BCUT2D eigenvalue weighted by Crippen LogP contribution is -2.27. The molecule has 1 aromatic heterocycles. The summed E-state index contributed by atoms with van der Waals surface area (Å²) < 4.78 is 19.3. The number of thioether (sulfide) groups is 1. The minimum Gasteiger partial charge on any atom is -0.494 e. The molecular formula is C14H16FN3O2S2. The van der Waals surface area contributed by atoms with Crippen LogP contribution in [0.3, 0.4) is 0 Å². The largest absolute Gasteiger partial charge is 0.494 e. The van der Waals surface area contributed by atoms with Crippen molar-refractivity contribution in [1.29, 1.82) is 0 Å². The van der Waals surface area contributed by atoms with Gasteiger partial charge in [-0.25, -0.2) is 4.39 Å². The second-order valence-corrected chi connectivity index (χ2v) is 7.00. The molecule has 1 amide bonds. The van der Waals surface area contributed by atoms with Gasteiger partial charge in [0.25, 0.3) is 0 Å². The maximum absolute atomic E-state index is 13.6. The number of carbonyl (C=O) groups excluding carboxylic acids is 1. The first-order valence-electron chi connectivity index (χ1n) is 6.49. The fraction of sp³-hybridized carbons (Fsp3) is 0.357. The van der Waals surface area contributed by atoms with E-state index in [1.54, 1.807) is 24.1 Å². The zero-order chi connectivity index (χ0) is 16.1. The average Bonchev–Trinajstić information content (AvgIpc) is 2.90. The highest BCUT2D eigenvalue weighted by Crippen LogP contribution is 2.22. The fourth-order valence-corrected chi connectivity index (χ4v) is 3.50. The molecule has 0 N–H and O–H groups in total. The van der Waals surface area contributed by atoms with E-state index < -0.39 is 5.82 Å². The Balaban J connectivity index is 1.89. The van der Waals surface area contributed by atoms with Crippen LogP contribution >= 0.6 is 23.1 Å². The number of ether oxygens (including phenoxy) is 1. The number of methoxy groups -OCH3 is 1. The van der Waals surface area contributed by atoms with Gasteiger partial charge in [-0.3, -0.25) is 4.79 Å². The van der Waals surface area contributed by atoms with Crippen LogP contribution in [-0.4, -0.2) is 40.9 Å². The van der Waals surface area contributed by atoms with Gasteiger partial charge in [-0.15, -0.1) is 10.2 Å². The van der Waals surface area contributed by atoms with Crippen molar-refractivity contribution in [3.05, 3.63) is 34.6 Å². The number of aromatic nitrogens is 2. The number of aryl methyl sites for hydroxylation is 1. The monoisotopic (exact) mass is 341 g/mol. The lowest BCUT2D eigenvalue weighted by atomic mass is 10.2. The normalized spacial score (nSPS) is 10.5. The second-order valence-electron chi connectivity index (χ2n) is 4.59. The van der Waals surface area contributed by atoms with E-state index in [4.69, 9.17) is 4.74 Å². The molecule has 0 unspecified atom stereocenters. The number of halogens is 1. The Morgan fingerprint density at radius 2 is 2.23 bits per heavy atom. The summed E-state index contributed by atoms with van der Waals surface area (Å²) >= 11 is 2.82. The third kappa shape index (κ3) is 4.41. The molecule has 0 saturated heterocycles. The maximum Gasteiger partial charge on any atom is 0.233 e. The quantitative estimate of drug-likeness (QED) is 0.756. The van der Waals surface area contributed by atoms with Crippen molar-refractivity contribution in [3.63, 3.8) is 0 Å². The van der Waals surface area contributed by atoms with Crippen LogP contribution < -0.4 is 4.74 Å². The molecule has 0 aliphatic rings. The molecule has 1 heterocycles. The van der Waals surface area contributed by atoms with Crippen molar-refractivity contribution < 1.29 is 13.9 Å². The zero-order valence-corrected chi connectivity index (χ0v) is 14.1. The Labute approximate surface area is 136 Å². The van der Waals surface area contributed by atoms with Crippen LogP contribution in [0, 0.1) is 12.7 Å². The SMILES string of the molecule is COc1ccc(CN(C)C(=O)CSc2nnc(C)s2)cc1F. The minimum atomic E-state index is -0.431. The Hall–Kier alpha value is -1.67. The topological polar surface area (TPSA) is 55.3 Å². The van der Waals surface area contributed by atoms with E-state index in [2.05, 4.69) is 10.2 Å². The molecule has 5 nitrogen and oxygen atoms in total. The molecule has 0 radical (unpaired) electrons. The van der Waals surface area contributed by atoms with Crippen LogP contribution in [0.25, 0.3) is 0 Å². The summed E-state index contributed by atoms with van der Waals surface area (Å²) in [7, 11) is 3.11. The van der Waals surface area contributed by atoms with E-state index in [1.165, 1.54) is 36.3 Å². The van der Waals surface area contributed by atoms with Crippen LogP contribution in [0.1, 0.15) is 10.6 Å². The number of nitrogens with zero attached hydrogens (tertiary/aromatic N) is 3. The van der Waals surface area contributed by atoms with Crippen molar-refractivity contribution >= 4 is 29.0 Å². The van der Waals surface area contributed by atoms with Crippen LogP contribution in [-0.2, 0) is 11.3 Å². The molecule has 0 aliphatic carbocycles. The van der Waals surface area contributed by atoms with Gasteiger partial charge in [-0.2, -0.15) is 0 Å². The summed E-state index contributed by atoms with van der Waals surface area (Å²) in [6, 6.07) is 4.68. The number of hydrogen-bond donors (Lipinski definition) is 0. The number of amides is 1. The van der Waals surface area contributed by atoms with Gasteiger partial charge in [0.1, 0.15) is 5.01 Å². The van der Waals surface area contributed by atoms with Crippen LogP contribution in [0.5, 0.6) is 5.75 Å². The number of benzene rings is 1. The highest BCUT2D eigenvalue weighted by atomic mass is 32.2. The highest BCUT2D eigenvalue weighted by molar-refractivity contribution is 8.01. The van der Waals surface area contributed by atoms with Gasteiger partial charge in [0.05, 0.1) is 12.9 Å². The van der Waals surface area contributed by atoms with E-state index in [1.807, 2.05) is 6.92 Å². The van der Waals surface area contributed by atoms with E-state index in [0.29, 0.717) is 12.1 Å². The summed E-state index contributed by atoms with van der Waals surface area (Å²) in [5.74, 6) is -0.00222. The van der Waals surface area contributed by atoms with Gasteiger partial charge in [0.2, 0.25) is 5.91 Å². The molecule has 0 fully saturated rings. The first-order valence-corrected chi connectivity index (χ1v) is 8.29. The minimum absolute atomic E-state index is 0.0471. The Morgan fingerprint density at radius 3 is 2.82 bits per heavy atom. The first-order chi connectivity index (χ1) is 10.5. The first kappa shape index (κ1) is 16.7. The lowest BCUT2D eigenvalue weighted by molar-refractivity contribution is -0.127. The van der Waals surface area contributed by atoms with Gasteiger partial charge in [-0.05, 0) is 24.6 Å². The van der Waals surface area contributed by atoms with Crippen molar-refractivity contribution in [1.82, 2.24) is 15.1 Å². The fourth-order valence-electron chi connectivity index (χ4n) is 1.74. The average molecular weight is 341 g/mol. The predicted molar refractivity (Wildman–Crippen MR) is 84.8 cm³/mol. The standard InChI is InChI=1S/C14H16FN3O2S2/c1-9-16-17-14(22-9)21-8-13(19)18(2)7-10-4-5-12(20-3)11(15)6-10/h4-6H,7-8H2,1-3H3. The third-order valence-electron chi connectivity index (χ3n) is 2.89. The van der Waals surface area contributed by atoms with Crippen LogP contribution in [0.4, 0.5) is 4.39 Å². The molecule has 22 heavy (non-hydrogen) atoms. The smallest absolute Gasteiger partial charge is 0.233 e. The molecule has 2 rings (SSSR count). The number of carbonyl (C=O) groups is 1. The Bertz CT molecular complexity index is 663. The van der Waals surface area contributed by atoms with Crippen LogP contribution in [0.2, 0.25) is 0 Å². The molecule has 118 valence electrons. The van der Waals surface area contributed by atoms with Crippen molar-refractivity contribution in [2.45, 2.75) is 17.8 Å². The van der Waals surface area contributed by atoms with Gasteiger partial charge in [-0.1, -0.05) is 29.2 Å². The number of rotatable bonds is 6. The van der Waals surface area contributed by atoms with Gasteiger partial charge in [0.15, 0.2) is 15.9 Å². The summed E-state index contributed by atoms with van der Waals surface area (Å²) in [6.07, 6.45) is 0. The van der Waals surface area contributed by atoms with Crippen molar-refractivity contribution in [2.75, 3.05) is 19.9 Å². The zero-order valence-electron chi connectivity index (χ0n) is 12.5.